The Labute approximate surface area is 141 Å². The fourth-order valence-electron chi connectivity index (χ4n) is 2.56. The smallest absolute Gasteiger partial charge is 0.270 e. The van der Waals surface area contributed by atoms with Crippen LogP contribution in [0, 0.1) is 16.7 Å². The molecule has 0 radical (unpaired) electrons. The molecule has 0 aromatic heterocycles. The van der Waals surface area contributed by atoms with Gasteiger partial charge in [-0.2, -0.15) is 0 Å². The molecule has 1 fully saturated rings. The van der Waals surface area contributed by atoms with Crippen molar-refractivity contribution in [3.05, 3.63) is 0 Å². The predicted octanol–water partition coefficient (Wildman–Crippen LogP) is 4.42. The number of nitrogens with two attached hydrogens (primary N) is 1. The summed E-state index contributed by atoms with van der Waals surface area (Å²) in [6, 6.07) is 0. The maximum Gasteiger partial charge on any atom is 0.270 e. The Balaban J connectivity index is 3.50. The van der Waals surface area contributed by atoms with Gasteiger partial charge in [-0.15, -0.1) is 0 Å². The molecule has 1 rings (SSSR count). The lowest BCUT2D eigenvalue weighted by atomic mass is 9.59. The van der Waals surface area contributed by atoms with Crippen molar-refractivity contribution in [2.24, 2.45) is 17.1 Å². The maximum atomic E-state index is 14.9. The normalized spacial score (nSPS) is 46.5. The summed E-state index contributed by atoms with van der Waals surface area (Å²) >= 11 is 3.92. The quantitative estimate of drug-likeness (QED) is 0.377. The van der Waals surface area contributed by atoms with E-state index < -0.39 is 26.2 Å². The summed E-state index contributed by atoms with van der Waals surface area (Å²) in [6.45, 7) is 8.49. The van der Waals surface area contributed by atoms with Crippen LogP contribution < -0.4 is 5.73 Å². The van der Waals surface area contributed by atoms with E-state index in [-0.39, 0.29) is 9.64 Å². The highest BCUT2D eigenvalue weighted by atomic mass is 127. The first kappa shape index (κ1) is 18.0. The Morgan fingerprint density at radius 1 is 1.26 bits per heavy atom. The molecule has 1 aliphatic carbocycles. The lowest BCUT2D eigenvalue weighted by Crippen LogP contribution is -2.68. The molecule has 0 aromatic carbocycles. The number of nitrogens with one attached hydrogen (secondary N) is 1. The van der Waals surface area contributed by atoms with Gasteiger partial charge in [0.2, 0.25) is 0 Å². The molecule has 0 heterocycles. The topological polar surface area (TPSA) is 49.9 Å². The summed E-state index contributed by atoms with van der Waals surface area (Å²) in [6.07, 6.45) is 0.540. The number of alkyl halides is 4. The summed E-state index contributed by atoms with van der Waals surface area (Å²) in [5.74, 6) is -4.04. The summed E-state index contributed by atoms with van der Waals surface area (Å²) in [7, 11) is 0. The molecule has 0 amide bonds. The van der Waals surface area contributed by atoms with Gasteiger partial charge in [0.15, 0.2) is 0 Å². The lowest BCUT2D eigenvalue weighted by molar-refractivity contribution is -0.106. The Kier molecular flexibility index (Phi) is 4.74. The van der Waals surface area contributed by atoms with Gasteiger partial charge in [-0.25, -0.2) is 8.78 Å². The number of rotatable bonds is 0. The van der Waals surface area contributed by atoms with Crippen LogP contribution in [0.15, 0.2) is 0 Å². The van der Waals surface area contributed by atoms with E-state index in [1.54, 1.807) is 6.92 Å². The van der Waals surface area contributed by atoms with Gasteiger partial charge in [-0.1, -0.05) is 66.0 Å². The molecule has 0 unspecified atom stereocenters. The molecule has 0 bridgehead atoms. The fourth-order valence-corrected chi connectivity index (χ4v) is 5.10. The molecule has 0 aliphatic heterocycles. The van der Waals surface area contributed by atoms with Crippen molar-refractivity contribution in [1.29, 1.82) is 5.41 Å². The molecular formula is C13H22F2I2N2. The van der Waals surface area contributed by atoms with Crippen LogP contribution in [0.25, 0.3) is 0 Å². The second-order valence-electron chi connectivity index (χ2n) is 6.52. The standard InChI is InChI=1S/C13H22F2I2N2/c1-7-9(18)8(16)6-11(4,19)10(2,3)12(5,17)13(7,14)15/h7-8,18H,6,19H2,1-5H3/t7-,8+,11+,12+/m0/s1. The second kappa shape index (κ2) is 5.00. The molecule has 3 N–H and O–H groups in total. The van der Waals surface area contributed by atoms with Crippen LogP contribution in [0.4, 0.5) is 8.78 Å². The van der Waals surface area contributed by atoms with Crippen LogP contribution in [-0.2, 0) is 0 Å². The van der Waals surface area contributed by atoms with Crippen LogP contribution in [-0.4, -0.2) is 24.5 Å². The average Bonchev–Trinajstić information content (AvgIpc) is 2.24. The first-order valence-corrected chi connectivity index (χ1v) is 8.60. The van der Waals surface area contributed by atoms with Crippen LogP contribution in [0.1, 0.15) is 41.0 Å². The van der Waals surface area contributed by atoms with Gasteiger partial charge in [0.25, 0.3) is 5.92 Å². The highest BCUT2D eigenvalue weighted by molar-refractivity contribution is 14.1. The zero-order chi connectivity index (χ0) is 15.4. The summed E-state index contributed by atoms with van der Waals surface area (Å²) in [4.78, 5) is 0. The minimum atomic E-state index is -2.97. The molecular weight excluding hydrogens is 476 g/mol. The van der Waals surface area contributed by atoms with Gasteiger partial charge in [0.1, 0.15) is 0 Å². The van der Waals surface area contributed by atoms with Crippen LogP contribution in [0.3, 0.4) is 0 Å². The van der Waals surface area contributed by atoms with Crippen LogP contribution in [0.5, 0.6) is 0 Å². The Morgan fingerprint density at radius 2 is 1.68 bits per heavy atom. The predicted molar refractivity (Wildman–Crippen MR) is 93.1 cm³/mol. The molecule has 1 aliphatic rings. The third-order valence-corrected chi connectivity index (χ3v) is 8.36. The zero-order valence-corrected chi connectivity index (χ0v) is 16.3. The zero-order valence-electron chi connectivity index (χ0n) is 12.0. The van der Waals surface area contributed by atoms with E-state index in [9.17, 15) is 8.78 Å². The lowest BCUT2D eigenvalue weighted by Gasteiger charge is -2.56. The van der Waals surface area contributed by atoms with Gasteiger partial charge in [0, 0.05) is 16.7 Å². The van der Waals surface area contributed by atoms with E-state index >= 15 is 0 Å². The minimum absolute atomic E-state index is 0.0978. The van der Waals surface area contributed by atoms with E-state index in [0.717, 1.165) is 0 Å². The molecule has 0 saturated heterocycles. The number of hydrogen-bond acceptors (Lipinski definition) is 2. The third-order valence-electron chi connectivity index (χ3n) is 5.18. The Hall–Kier alpha value is 0.950. The molecule has 1 saturated carbocycles. The molecule has 112 valence electrons. The van der Waals surface area contributed by atoms with E-state index in [0.29, 0.717) is 6.42 Å². The van der Waals surface area contributed by atoms with Crippen LogP contribution in [0.2, 0.25) is 0 Å². The third kappa shape index (κ3) is 2.47. The molecule has 0 aromatic rings. The maximum absolute atomic E-state index is 14.9. The van der Waals surface area contributed by atoms with Crippen molar-refractivity contribution in [2.45, 2.75) is 59.8 Å². The van der Waals surface area contributed by atoms with Crippen molar-refractivity contribution < 1.29 is 8.78 Å². The second-order valence-corrected chi connectivity index (χ2v) is 10.2. The monoisotopic (exact) mass is 498 g/mol. The number of halogens is 4. The van der Waals surface area contributed by atoms with Gasteiger partial charge in [-0.3, -0.25) is 0 Å². The molecule has 6 heteroatoms. The molecule has 4 atom stereocenters. The van der Waals surface area contributed by atoms with E-state index in [2.05, 4.69) is 22.6 Å². The van der Waals surface area contributed by atoms with E-state index in [1.165, 1.54) is 6.92 Å². The molecule has 2 nitrogen and oxygen atoms in total. The molecule has 0 spiro atoms. The fraction of sp³-hybridized carbons (Fsp3) is 0.923. The SMILES string of the molecule is C[C@H]1C(=N)[C@H](I)C[C@@](C)(N)C(C)(C)[C@@](C)(I)C1(F)F. The average molecular weight is 498 g/mol. The largest absolute Gasteiger partial charge is 0.325 e. The van der Waals surface area contributed by atoms with Crippen molar-refractivity contribution in [3.8, 4) is 0 Å². The minimum Gasteiger partial charge on any atom is -0.325 e. The Bertz CT molecular complexity index is 392. The number of hydrogen-bond donors (Lipinski definition) is 2. The molecule has 19 heavy (non-hydrogen) atoms. The van der Waals surface area contributed by atoms with Crippen molar-refractivity contribution in [2.75, 3.05) is 0 Å². The van der Waals surface area contributed by atoms with Crippen molar-refractivity contribution in [1.82, 2.24) is 0 Å². The van der Waals surface area contributed by atoms with Crippen molar-refractivity contribution >= 4 is 50.9 Å². The van der Waals surface area contributed by atoms with Gasteiger partial charge in [-0.05, 0) is 20.3 Å². The van der Waals surface area contributed by atoms with E-state index in [4.69, 9.17) is 11.1 Å². The first-order chi connectivity index (χ1) is 8.20. The highest BCUT2D eigenvalue weighted by Gasteiger charge is 2.66. The first-order valence-electron chi connectivity index (χ1n) is 6.28. The Morgan fingerprint density at radius 3 is 2.11 bits per heavy atom. The summed E-state index contributed by atoms with van der Waals surface area (Å²) < 4.78 is 28.2. The van der Waals surface area contributed by atoms with Gasteiger partial charge in [0.05, 0.1) is 13.3 Å². The van der Waals surface area contributed by atoms with E-state index in [1.807, 2.05) is 43.4 Å². The van der Waals surface area contributed by atoms with Crippen LogP contribution >= 0.6 is 45.2 Å². The van der Waals surface area contributed by atoms with Gasteiger partial charge >= 0.3 is 0 Å². The van der Waals surface area contributed by atoms with Crippen molar-refractivity contribution in [3.63, 3.8) is 0 Å². The van der Waals surface area contributed by atoms with Gasteiger partial charge < -0.3 is 11.1 Å². The highest BCUT2D eigenvalue weighted by Crippen LogP contribution is 2.58. The summed E-state index contributed by atoms with van der Waals surface area (Å²) in [5, 5.41) is 8.03. The summed E-state index contributed by atoms with van der Waals surface area (Å²) in [5.41, 5.74) is 4.96.